The smallest absolute Gasteiger partial charge is 0.320 e. The van der Waals surface area contributed by atoms with Crippen molar-refractivity contribution < 1.29 is 24.5 Å². The minimum atomic E-state index is -0.811. The molecule has 1 aliphatic rings. The van der Waals surface area contributed by atoms with Crippen molar-refractivity contribution in [3.8, 4) is 11.4 Å². The molecule has 1 aromatic carbocycles. The molecule has 1 unspecified atom stereocenters. The average molecular weight is 529 g/mol. The number of nitrogens with zero attached hydrogens (tertiary/aromatic N) is 4. The van der Waals surface area contributed by atoms with E-state index in [1.165, 1.54) is 6.33 Å². The highest BCUT2D eigenvalue weighted by Crippen LogP contribution is 2.16. The van der Waals surface area contributed by atoms with Crippen molar-refractivity contribution in [2.24, 2.45) is 0 Å². The van der Waals surface area contributed by atoms with Crippen LogP contribution in [0.25, 0.3) is 11.4 Å². The molecule has 0 fully saturated rings. The molecule has 4 N–H and O–H groups in total. The van der Waals surface area contributed by atoms with E-state index in [2.05, 4.69) is 43.2 Å². The zero-order valence-electron chi connectivity index (χ0n) is 22.3. The molecule has 0 spiro atoms. The number of rotatable bonds is 13. The molecule has 3 atom stereocenters. The number of aromatic nitrogens is 4. The summed E-state index contributed by atoms with van der Waals surface area (Å²) in [4.78, 5) is 21.7. The van der Waals surface area contributed by atoms with Crippen molar-refractivity contribution in [1.82, 2.24) is 31.0 Å². The quantitative estimate of drug-likeness (QED) is 0.283. The fourth-order valence-corrected chi connectivity index (χ4v) is 4.08. The van der Waals surface area contributed by atoms with Crippen LogP contribution in [0.1, 0.15) is 56.9 Å². The van der Waals surface area contributed by atoms with Crippen LogP contribution in [0.15, 0.2) is 42.7 Å². The second-order valence-electron chi connectivity index (χ2n) is 9.08. The lowest BCUT2D eigenvalue weighted by Crippen LogP contribution is -2.35. The Balaban J connectivity index is 0.000000273. The molecule has 0 saturated carbocycles. The van der Waals surface area contributed by atoms with Crippen molar-refractivity contribution in [2.45, 2.75) is 76.0 Å². The largest absolute Gasteiger partial charge is 0.480 e. The maximum atomic E-state index is 10.9. The first kappa shape index (κ1) is 30.9. The van der Waals surface area contributed by atoms with Gasteiger partial charge >= 0.3 is 11.9 Å². The van der Waals surface area contributed by atoms with Crippen molar-refractivity contribution >= 4 is 11.9 Å². The first-order valence-electron chi connectivity index (χ1n) is 13.1. The van der Waals surface area contributed by atoms with Gasteiger partial charge in [0.1, 0.15) is 12.1 Å². The summed E-state index contributed by atoms with van der Waals surface area (Å²) in [5, 5.41) is 38.5. The highest BCUT2D eigenvalue weighted by molar-refractivity contribution is 5.73. The number of carboxylic acid groups (broad SMARTS) is 2. The molecule has 1 aromatic heterocycles. The number of nitrogens with one attached hydrogen (secondary N) is 2. The van der Waals surface area contributed by atoms with Gasteiger partial charge in [0.15, 0.2) is 6.33 Å². The molecule has 11 heteroatoms. The Hall–Kier alpha value is -3.28. The molecular formula is C27H40N6O5. The van der Waals surface area contributed by atoms with Crippen LogP contribution >= 0.6 is 0 Å². The summed E-state index contributed by atoms with van der Waals surface area (Å²) in [7, 11) is 3.33. The maximum absolute atomic E-state index is 10.9. The maximum Gasteiger partial charge on any atom is 0.320 e. The summed E-state index contributed by atoms with van der Waals surface area (Å²) in [5.74, 6) is -1.13. The lowest BCUT2D eigenvalue weighted by molar-refractivity contribution is -0.140. The molecule has 208 valence electrons. The Morgan fingerprint density at radius 1 is 0.947 bits per heavy atom. The van der Waals surface area contributed by atoms with Crippen molar-refractivity contribution in [2.75, 3.05) is 20.7 Å². The van der Waals surface area contributed by atoms with Gasteiger partial charge in [0.05, 0.1) is 6.10 Å². The number of aryl methyl sites for hydroxylation is 1. The summed E-state index contributed by atoms with van der Waals surface area (Å²) in [5.41, 5.74) is 2.01. The van der Waals surface area contributed by atoms with Crippen LogP contribution in [-0.4, -0.2) is 81.4 Å². The summed E-state index contributed by atoms with van der Waals surface area (Å²) in [6.45, 7) is 0.520. The lowest BCUT2D eigenvalue weighted by atomic mass is 10.0. The third kappa shape index (κ3) is 11.8. The van der Waals surface area contributed by atoms with Crippen LogP contribution in [0.5, 0.6) is 0 Å². The van der Waals surface area contributed by atoms with E-state index in [9.17, 15) is 9.59 Å². The van der Waals surface area contributed by atoms with Crippen LogP contribution in [-0.2, 0) is 20.7 Å². The number of aliphatic carboxylic acids is 2. The van der Waals surface area contributed by atoms with E-state index in [0.29, 0.717) is 31.4 Å². The summed E-state index contributed by atoms with van der Waals surface area (Å²) < 4.78 is 5.76. The van der Waals surface area contributed by atoms with Gasteiger partial charge in [-0.25, -0.2) is 0 Å². The average Bonchev–Trinajstić information content (AvgIpc) is 2.91. The highest BCUT2D eigenvalue weighted by Gasteiger charge is 2.16. The topological polar surface area (TPSA) is 159 Å². The Labute approximate surface area is 224 Å². The van der Waals surface area contributed by atoms with E-state index in [1.807, 2.05) is 24.3 Å². The SMILES string of the molecule is CN[C@@H](CCCc1ccc(-c2nncnn2)cc1)C(=O)O.CN[C@@H](CCOC1CC/C=C/CCC1)C(=O)O. The van der Waals surface area contributed by atoms with Crippen LogP contribution in [0.3, 0.4) is 0 Å². The summed E-state index contributed by atoms with van der Waals surface area (Å²) >= 11 is 0. The Kier molecular flexibility index (Phi) is 14.7. The predicted molar refractivity (Wildman–Crippen MR) is 144 cm³/mol. The second kappa shape index (κ2) is 18.1. The minimum absolute atomic E-state index is 0.297. The van der Waals surface area contributed by atoms with Crippen molar-refractivity contribution in [1.29, 1.82) is 0 Å². The zero-order chi connectivity index (χ0) is 27.6. The summed E-state index contributed by atoms with van der Waals surface area (Å²) in [6, 6.07) is 6.83. The van der Waals surface area contributed by atoms with Crippen LogP contribution in [0.2, 0.25) is 0 Å². The number of carbonyl (C=O) groups is 2. The Morgan fingerprint density at radius 3 is 2.21 bits per heavy atom. The molecule has 11 nitrogen and oxygen atoms in total. The van der Waals surface area contributed by atoms with E-state index >= 15 is 0 Å². The Morgan fingerprint density at radius 2 is 1.58 bits per heavy atom. The van der Waals surface area contributed by atoms with Gasteiger partial charge in [-0.3, -0.25) is 9.59 Å². The van der Waals surface area contributed by atoms with Crippen LogP contribution in [0, 0.1) is 0 Å². The normalized spacial score (nSPS) is 17.7. The standard InChI is InChI=1S/C14H17N5O2.C13H23NO3/c1-15-12(14(20)21)4-2-3-10-5-7-11(8-6-10)13-18-16-9-17-19-13;1-14-12(13(15)16)9-10-17-11-7-5-3-2-4-6-8-11/h5-9,12,15H,2-4H2,1H3,(H,20,21);2-3,11-12,14H,4-10H2,1H3,(H,15,16)/b;3-2+/t12-;11?,12-/m00/s1. The predicted octanol–water partition coefficient (Wildman–Crippen LogP) is 2.88. The third-order valence-electron chi connectivity index (χ3n) is 6.35. The summed E-state index contributed by atoms with van der Waals surface area (Å²) in [6.07, 6.45) is 14.3. The van der Waals surface area contributed by atoms with Gasteiger partial charge in [-0.1, -0.05) is 36.4 Å². The minimum Gasteiger partial charge on any atom is -0.480 e. The molecule has 0 saturated heterocycles. The fourth-order valence-electron chi connectivity index (χ4n) is 4.08. The van der Waals surface area contributed by atoms with Crippen molar-refractivity contribution in [3.05, 3.63) is 48.3 Å². The molecule has 0 aliphatic heterocycles. The number of allylic oxidation sites excluding steroid dienone is 2. The van der Waals surface area contributed by atoms with Gasteiger partial charge in [0.25, 0.3) is 0 Å². The van der Waals surface area contributed by atoms with Gasteiger partial charge in [0, 0.05) is 12.2 Å². The van der Waals surface area contributed by atoms with E-state index < -0.39 is 24.0 Å². The van der Waals surface area contributed by atoms with Gasteiger partial charge in [0.2, 0.25) is 5.82 Å². The van der Waals surface area contributed by atoms with E-state index in [1.54, 1.807) is 14.1 Å². The highest BCUT2D eigenvalue weighted by atomic mass is 16.5. The van der Waals surface area contributed by atoms with E-state index in [4.69, 9.17) is 14.9 Å². The van der Waals surface area contributed by atoms with Gasteiger partial charge in [-0.15, -0.1) is 20.4 Å². The molecule has 3 rings (SSSR count). The van der Waals surface area contributed by atoms with Gasteiger partial charge in [-0.2, -0.15) is 0 Å². The molecule has 1 heterocycles. The van der Waals surface area contributed by atoms with E-state index in [-0.39, 0.29) is 0 Å². The van der Waals surface area contributed by atoms with E-state index in [0.717, 1.165) is 56.1 Å². The molecular weight excluding hydrogens is 488 g/mol. The molecule has 38 heavy (non-hydrogen) atoms. The van der Waals surface area contributed by atoms with Crippen LogP contribution in [0.4, 0.5) is 0 Å². The fraction of sp³-hybridized carbons (Fsp3) is 0.556. The zero-order valence-corrected chi connectivity index (χ0v) is 22.3. The van der Waals surface area contributed by atoms with Crippen LogP contribution < -0.4 is 10.6 Å². The molecule has 1 aliphatic carbocycles. The molecule has 0 amide bonds. The second-order valence-corrected chi connectivity index (χ2v) is 9.08. The first-order chi connectivity index (χ1) is 18.4. The number of likely N-dealkylation sites (N-methyl/N-ethyl adjacent to an activating group) is 2. The lowest BCUT2D eigenvalue weighted by Gasteiger charge is -2.19. The van der Waals surface area contributed by atoms with Gasteiger partial charge < -0.3 is 25.6 Å². The number of hydrogen-bond donors (Lipinski definition) is 4. The van der Waals surface area contributed by atoms with Gasteiger partial charge in [-0.05, 0) is 77.4 Å². The number of benzene rings is 1. The van der Waals surface area contributed by atoms with Crippen molar-refractivity contribution in [3.63, 3.8) is 0 Å². The number of ether oxygens (including phenoxy) is 1. The number of hydrogen-bond acceptors (Lipinski definition) is 9. The number of carboxylic acids is 2. The monoisotopic (exact) mass is 528 g/mol. The third-order valence-corrected chi connectivity index (χ3v) is 6.35. The molecule has 0 radical (unpaired) electrons. The molecule has 0 bridgehead atoms. The first-order valence-corrected chi connectivity index (χ1v) is 13.1. The molecule has 2 aromatic rings. The Bertz CT molecular complexity index is 974.